The third kappa shape index (κ3) is 3.45. The average Bonchev–Trinajstić information content (AvgIpc) is 2.73. The van der Waals surface area contributed by atoms with Gasteiger partial charge in [0, 0.05) is 12.1 Å². The summed E-state index contributed by atoms with van der Waals surface area (Å²) >= 11 is 0. The van der Waals surface area contributed by atoms with E-state index in [9.17, 15) is 4.79 Å². The molecule has 1 saturated carbocycles. The Morgan fingerprint density at radius 2 is 2.17 bits per heavy atom. The molecule has 0 aliphatic heterocycles. The first-order valence-corrected chi connectivity index (χ1v) is 7.29. The van der Waals surface area contributed by atoms with Gasteiger partial charge in [-0.25, -0.2) is 0 Å². The van der Waals surface area contributed by atoms with Crippen LogP contribution in [0.3, 0.4) is 0 Å². The van der Waals surface area contributed by atoms with Crippen LogP contribution in [-0.4, -0.2) is 35.0 Å². The molecule has 1 aliphatic rings. The van der Waals surface area contributed by atoms with Crippen molar-refractivity contribution in [3.63, 3.8) is 0 Å². The minimum absolute atomic E-state index is 0.343. The highest BCUT2D eigenvalue weighted by molar-refractivity contribution is 5.84. The molecule has 0 heterocycles. The molecule has 3 unspecified atom stereocenters. The zero-order valence-corrected chi connectivity index (χ0v) is 12.1. The van der Waals surface area contributed by atoms with Crippen LogP contribution in [0.5, 0.6) is 0 Å². The number of hydrogen-bond acceptors (Lipinski definition) is 3. The van der Waals surface area contributed by atoms with Crippen molar-refractivity contribution in [3.8, 4) is 0 Å². The number of unbranched alkanes of at least 4 members (excludes halogenated alkanes) is 1. The maximum absolute atomic E-state index is 11.4. The van der Waals surface area contributed by atoms with Crippen LogP contribution >= 0.6 is 0 Å². The first-order chi connectivity index (χ1) is 8.44. The zero-order valence-electron chi connectivity index (χ0n) is 12.1. The van der Waals surface area contributed by atoms with E-state index < -0.39 is 5.54 Å². The Morgan fingerprint density at radius 3 is 2.61 bits per heavy atom. The molecular formula is C14H29N3O. The van der Waals surface area contributed by atoms with Gasteiger partial charge in [-0.2, -0.15) is 0 Å². The Bertz CT molecular complexity index is 282. The monoisotopic (exact) mass is 255 g/mol. The van der Waals surface area contributed by atoms with E-state index in [0.29, 0.717) is 12.1 Å². The van der Waals surface area contributed by atoms with E-state index in [0.717, 1.165) is 32.2 Å². The number of hydrogen-bond donors (Lipinski definition) is 2. The quantitative estimate of drug-likeness (QED) is 0.726. The fourth-order valence-electron chi connectivity index (χ4n) is 2.89. The molecule has 3 atom stereocenters. The third-order valence-corrected chi connectivity index (χ3v) is 4.41. The number of primary amides is 1. The lowest BCUT2D eigenvalue weighted by Crippen LogP contribution is -2.51. The molecule has 106 valence electrons. The maximum Gasteiger partial charge on any atom is 0.237 e. The van der Waals surface area contributed by atoms with Gasteiger partial charge >= 0.3 is 0 Å². The van der Waals surface area contributed by atoms with E-state index >= 15 is 0 Å². The molecule has 0 aromatic heterocycles. The Morgan fingerprint density at radius 1 is 1.50 bits per heavy atom. The van der Waals surface area contributed by atoms with E-state index in [-0.39, 0.29) is 5.91 Å². The van der Waals surface area contributed by atoms with Crippen LogP contribution in [-0.2, 0) is 4.79 Å². The van der Waals surface area contributed by atoms with E-state index in [1.54, 1.807) is 0 Å². The number of rotatable bonds is 7. The second kappa shape index (κ2) is 6.53. The number of carbonyl (C=O) groups excluding carboxylic acids is 1. The van der Waals surface area contributed by atoms with Crippen molar-refractivity contribution in [3.05, 3.63) is 0 Å². The summed E-state index contributed by atoms with van der Waals surface area (Å²) in [6, 6.07) is 0.973. The zero-order chi connectivity index (χ0) is 13.8. The second-order valence-electron chi connectivity index (χ2n) is 5.77. The van der Waals surface area contributed by atoms with Crippen LogP contribution < -0.4 is 11.5 Å². The Balaban J connectivity index is 2.67. The number of amides is 1. The summed E-state index contributed by atoms with van der Waals surface area (Å²) in [5.74, 6) is -0.343. The van der Waals surface area contributed by atoms with Crippen molar-refractivity contribution in [2.45, 2.75) is 76.9 Å². The van der Waals surface area contributed by atoms with Crippen LogP contribution in [0.25, 0.3) is 0 Å². The van der Waals surface area contributed by atoms with Crippen molar-refractivity contribution in [1.82, 2.24) is 4.90 Å². The molecule has 0 aromatic rings. The lowest BCUT2D eigenvalue weighted by Gasteiger charge is -2.35. The molecule has 0 spiro atoms. The summed E-state index contributed by atoms with van der Waals surface area (Å²) in [7, 11) is 0. The van der Waals surface area contributed by atoms with Crippen molar-refractivity contribution in [1.29, 1.82) is 0 Å². The molecule has 4 heteroatoms. The first-order valence-electron chi connectivity index (χ1n) is 7.29. The lowest BCUT2D eigenvalue weighted by molar-refractivity contribution is -0.123. The molecular weight excluding hydrogens is 226 g/mol. The summed E-state index contributed by atoms with van der Waals surface area (Å²) in [4.78, 5) is 14.0. The minimum Gasteiger partial charge on any atom is -0.368 e. The molecule has 1 aliphatic carbocycles. The second-order valence-corrected chi connectivity index (χ2v) is 5.77. The smallest absolute Gasteiger partial charge is 0.237 e. The Hall–Kier alpha value is -0.610. The van der Waals surface area contributed by atoms with Gasteiger partial charge in [-0.3, -0.25) is 9.69 Å². The Labute approximate surface area is 111 Å². The number of nitrogens with zero attached hydrogens (tertiary/aromatic N) is 1. The maximum atomic E-state index is 11.4. The molecule has 0 saturated heterocycles. The van der Waals surface area contributed by atoms with Gasteiger partial charge < -0.3 is 11.5 Å². The molecule has 0 bridgehead atoms. The SMILES string of the molecule is CCCCN(C(C)CC)C1CCC(N)(C(N)=O)C1. The van der Waals surface area contributed by atoms with Gasteiger partial charge in [0.15, 0.2) is 0 Å². The topological polar surface area (TPSA) is 72.3 Å². The number of carbonyl (C=O) groups is 1. The molecule has 1 rings (SSSR count). The van der Waals surface area contributed by atoms with Gasteiger partial charge in [-0.05, 0) is 45.6 Å². The minimum atomic E-state index is -0.775. The summed E-state index contributed by atoms with van der Waals surface area (Å²) in [5.41, 5.74) is 10.7. The summed E-state index contributed by atoms with van der Waals surface area (Å²) in [6.45, 7) is 7.78. The Kier molecular flexibility index (Phi) is 5.60. The van der Waals surface area contributed by atoms with Crippen molar-refractivity contribution in [2.24, 2.45) is 11.5 Å². The van der Waals surface area contributed by atoms with Gasteiger partial charge in [-0.1, -0.05) is 20.3 Å². The van der Waals surface area contributed by atoms with E-state index in [4.69, 9.17) is 11.5 Å². The van der Waals surface area contributed by atoms with Crippen LogP contribution in [0.15, 0.2) is 0 Å². The largest absolute Gasteiger partial charge is 0.368 e. The molecule has 0 radical (unpaired) electrons. The standard InChI is InChI=1S/C14H29N3O/c1-4-6-9-17(11(3)5-2)12-7-8-14(16,10-12)13(15)18/h11-12H,4-10,16H2,1-3H3,(H2,15,18). The van der Waals surface area contributed by atoms with Gasteiger partial charge in [-0.15, -0.1) is 0 Å². The lowest BCUT2D eigenvalue weighted by atomic mass is 9.97. The predicted octanol–water partition coefficient (Wildman–Crippen LogP) is 1.62. The molecule has 0 aromatic carbocycles. The fraction of sp³-hybridized carbons (Fsp3) is 0.929. The normalized spacial score (nSPS) is 29.7. The van der Waals surface area contributed by atoms with Crippen molar-refractivity contribution in [2.75, 3.05) is 6.54 Å². The van der Waals surface area contributed by atoms with Crippen LogP contribution in [0, 0.1) is 0 Å². The predicted molar refractivity (Wildman–Crippen MR) is 75.1 cm³/mol. The van der Waals surface area contributed by atoms with Crippen LogP contribution in [0.4, 0.5) is 0 Å². The van der Waals surface area contributed by atoms with E-state index in [2.05, 4.69) is 25.7 Å². The molecule has 1 fully saturated rings. The molecule has 4 nitrogen and oxygen atoms in total. The molecule has 1 amide bonds. The van der Waals surface area contributed by atoms with Gasteiger partial charge in [0.05, 0.1) is 5.54 Å². The molecule has 4 N–H and O–H groups in total. The average molecular weight is 255 g/mol. The van der Waals surface area contributed by atoms with Gasteiger partial charge in [0.2, 0.25) is 5.91 Å². The number of nitrogens with two attached hydrogens (primary N) is 2. The van der Waals surface area contributed by atoms with Crippen LogP contribution in [0.2, 0.25) is 0 Å². The summed E-state index contributed by atoms with van der Waals surface area (Å²) in [6.07, 6.45) is 5.97. The van der Waals surface area contributed by atoms with Crippen molar-refractivity contribution < 1.29 is 4.79 Å². The van der Waals surface area contributed by atoms with Crippen molar-refractivity contribution >= 4 is 5.91 Å². The highest BCUT2D eigenvalue weighted by Gasteiger charge is 2.43. The fourth-order valence-corrected chi connectivity index (χ4v) is 2.89. The highest BCUT2D eigenvalue weighted by atomic mass is 16.1. The van der Waals surface area contributed by atoms with E-state index in [1.807, 2.05) is 0 Å². The summed E-state index contributed by atoms with van der Waals surface area (Å²) in [5, 5.41) is 0. The van der Waals surface area contributed by atoms with Gasteiger partial charge in [0.25, 0.3) is 0 Å². The first kappa shape index (κ1) is 15.4. The van der Waals surface area contributed by atoms with E-state index in [1.165, 1.54) is 12.8 Å². The summed E-state index contributed by atoms with van der Waals surface area (Å²) < 4.78 is 0. The van der Waals surface area contributed by atoms with Gasteiger partial charge in [0.1, 0.15) is 0 Å². The van der Waals surface area contributed by atoms with Crippen LogP contribution in [0.1, 0.15) is 59.3 Å². The highest BCUT2D eigenvalue weighted by Crippen LogP contribution is 2.32. The third-order valence-electron chi connectivity index (χ3n) is 4.41. The molecule has 18 heavy (non-hydrogen) atoms.